The van der Waals surface area contributed by atoms with Crippen LogP contribution < -0.4 is 5.73 Å². The second-order valence-electron chi connectivity index (χ2n) is 5.40. The maximum absolute atomic E-state index is 11.9. The van der Waals surface area contributed by atoms with Crippen LogP contribution >= 0.6 is 11.6 Å². The summed E-state index contributed by atoms with van der Waals surface area (Å²) >= 11 is 6.26. The number of benzene rings is 2. The van der Waals surface area contributed by atoms with Crippen LogP contribution in [-0.4, -0.2) is 20.7 Å². The molecule has 0 aliphatic rings. The molecule has 2 heterocycles. The number of halogens is 1. The van der Waals surface area contributed by atoms with Crippen LogP contribution in [0.2, 0.25) is 5.02 Å². The lowest BCUT2D eigenvalue weighted by molar-refractivity contribution is 0.100. The van der Waals surface area contributed by atoms with Gasteiger partial charge in [-0.1, -0.05) is 35.9 Å². The van der Waals surface area contributed by atoms with Gasteiger partial charge in [0.2, 0.25) is 0 Å². The molecule has 4 aromatic rings. The van der Waals surface area contributed by atoms with Gasteiger partial charge in [-0.25, -0.2) is 4.68 Å². The van der Waals surface area contributed by atoms with Crippen LogP contribution in [0.1, 0.15) is 10.4 Å². The van der Waals surface area contributed by atoms with Crippen molar-refractivity contribution in [3.63, 3.8) is 0 Å². The Bertz CT molecular complexity index is 1060. The molecule has 2 aromatic heterocycles. The topological polar surface area (TPSA) is 76.7 Å². The summed E-state index contributed by atoms with van der Waals surface area (Å²) in [6.07, 6.45) is 3.50. The number of rotatable bonds is 3. The highest BCUT2D eigenvalue weighted by Gasteiger charge is 2.19. The lowest BCUT2D eigenvalue weighted by atomic mass is 10.1. The van der Waals surface area contributed by atoms with Gasteiger partial charge < -0.3 is 10.7 Å². The molecule has 0 aliphatic carbocycles. The molecule has 0 saturated carbocycles. The zero-order valence-electron chi connectivity index (χ0n) is 12.5. The predicted octanol–water partition coefficient (Wildman–Crippen LogP) is 3.77. The van der Waals surface area contributed by atoms with E-state index < -0.39 is 5.91 Å². The minimum Gasteiger partial charge on any atom is -0.365 e. The first-order chi connectivity index (χ1) is 11.6. The number of primary amides is 1. The second-order valence-corrected chi connectivity index (χ2v) is 5.80. The molecule has 4 rings (SSSR count). The molecule has 24 heavy (non-hydrogen) atoms. The highest BCUT2D eigenvalue weighted by atomic mass is 35.5. The van der Waals surface area contributed by atoms with Crippen molar-refractivity contribution in [3.05, 3.63) is 71.5 Å². The fourth-order valence-electron chi connectivity index (χ4n) is 2.80. The molecule has 0 aliphatic heterocycles. The van der Waals surface area contributed by atoms with E-state index in [2.05, 4.69) is 10.1 Å². The largest absolute Gasteiger partial charge is 0.365 e. The van der Waals surface area contributed by atoms with Gasteiger partial charge >= 0.3 is 0 Å². The minimum atomic E-state index is -0.544. The fourth-order valence-corrected chi connectivity index (χ4v) is 3.02. The van der Waals surface area contributed by atoms with Gasteiger partial charge in [-0.05, 0) is 24.3 Å². The summed E-state index contributed by atoms with van der Waals surface area (Å²) in [5.74, 6) is -0.544. The zero-order valence-corrected chi connectivity index (χ0v) is 13.3. The fraction of sp³-hybridized carbons (Fsp3) is 0. The third-order valence-corrected chi connectivity index (χ3v) is 4.26. The predicted molar refractivity (Wildman–Crippen MR) is 94.4 cm³/mol. The number of fused-ring (bicyclic) bond motifs is 1. The number of amides is 1. The smallest absolute Gasteiger partial charge is 0.252 e. The van der Waals surface area contributed by atoms with E-state index in [4.69, 9.17) is 17.3 Å². The van der Waals surface area contributed by atoms with Gasteiger partial charge in [0.1, 0.15) is 5.69 Å². The first kappa shape index (κ1) is 14.5. The van der Waals surface area contributed by atoms with Crippen LogP contribution in [0.5, 0.6) is 0 Å². The summed E-state index contributed by atoms with van der Waals surface area (Å²) in [4.78, 5) is 15.0. The van der Waals surface area contributed by atoms with E-state index in [0.717, 1.165) is 16.6 Å². The number of aromatic amines is 1. The number of nitrogens with two attached hydrogens (primary N) is 1. The molecule has 2 aromatic carbocycles. The Labute approximate surface area is 142 Å². The van der Waals surface area contributed by atoms with E-state index in [1.165, 1.54) is 0 Å². The standard InChI is InChI=1S/C18H13ClN4O/c19-14-5-2-1-4-11(14)17-13(18(20)24)10-23(22-17)16-7-3-6-15-12(16)8-9-21-15/h1-10,21H,(H2,20,24). The van der Waals surface area contributed by atoms with Crippen LogP contribution in [0.3, 0.4) is 0 Å². The number of carbonyl (C=O) groups excluding carboxylic acids is 1. The van der Waals surface area contributed by atoms with Crippen LogP contribution in [0, 0.1) is 0 Å². The van der Waals surface area contributed by atoms with E-state index in [1.54, 1.807) is 16.9 Å². The normalized spacial score (nSPS) is 11.0. The van der Waals surface area contributed by atoms with E-state index in [-0.39, 0.29) is 0 Å². The van der Waals surface area contributed by atoms with E-state index >= 15 is 0 Å². The lowest BCUT2D eigenvalue weighted by Gasteiger charge is -2.04. The van der Waals surface area contributed by atoms with Gasteiger partial charge in [0.15, 0.2) is 0 Å². The van der Waals surface area contributed by atoms with E-state index in [9.17, 15) is 4.79 Å². The average Bonchev–Trinajstić information content (AvgIpc) is 3.22. The molecule has 0 radical (unpaired) electrons. The van der Waals surface area contributed by atoms with Crippen molar-refractivity contribution in [2.24, 2.45) is 5.73 Å². The van der Waals surface area contributed by atoms with Gasteiger partial charge in [0, 0.05) is 28.9 Å². The van der Waals surface area contributed by atoms with Gasteiger partial charge in [0.05, 0.1) is 16.3 Å². The summed E-state index contributed by atoms with van der Waals surface area (Å²) in [5.41, 5.74) is 8.87. The SMILES string of the molecule is NC(=O)c1cn(-c2cccc3[nH]ccc23)nc1-c1ccccc1Cl. The lowest BCUT2D eigenvalue weighted by Crippen LogP contribution is -2.11. The quantitative estimate of drug-likeness (QED) is 0.597. The van der Waals surface area contributed by atoms with Crippen molar-refractivity contribution in [3.8, 4) is 16.9 Å². The van der Waals surface area contributed by atoms with Crippen LogP contribution in [0.4, 0.5) is 0 Å². The van der Waals surface area contributed by atoms with Crippen molar-refractivity contribution in [1.82, 2.24) is 14.8 Å². The number of aromatic nitrogens is 3. The number of H-pyrrole nitrogens is 1. The summed E-state index contributed by atoms with van der Waals surface area (Å²) in [6, 6.07) is 15.0. The summed E-state index contributed by atoms with van der Waals surface area (Å²) in [7, 11) is 0. The van der Waals surface area contributed by atoms with E-state index in [0.29, 0.717) is 21.8 Å². The summed E-state index contributed by atoms with van der Waals surface area (Å²) in [6.45, 7) is 0. The van der Waals surface area contributed by atoms with Crippen molar-refractivity contribution in [2.75, 3.05) is 0 Å². The number of nitrogens with zero attached hydrogens (tertiary/aromatic N) is 2. The van der Waals surface area contributed by atoms with Crippen molar-refractivity contribution in [2.45, 2.75) is 0 Å². The molecule has 0 fully saturated rings. The Hall–Kier alpha value is -3.05. The molecule has 6 heteroatoms. The molecule has 5 nitrogen and oxygen atoms in total. The molecule has 3 N–H and O–H groups in total. The van der Waals surface area contributed by atoms with Gasteiger partial charge in [0.25, 0.3) is 5.91 Å². The van der Waals surface area contributed by atoms with Gasteiger partial charge in [-0.2, -0.15) is 5.10 Å². The molecule has 1 amide bonds. The number of carbonyl (C=O) groups is 1. The van der Waals surface area contributed by atoms with Crippen LogP contribution in [0.15, 0.2) is 60.9 Å². The molecular formula is C18H13ClN4O. The average molecular weight is 337 g/mol. The van der Waals surface area contributed by atoms with Crippen molar-refractivity contribution >= 4 is 28.4 Å². The Kier molecular flexibility index (Phi) is 3.36. The molecule has 118 valence electrons. The Balaban J connectivity index is 1.96. The highest BCUT2D eigenvalue weighted by Crippen LogP contribution is 2.30. The zero-order chi connectivity index (χ0) is 16.7. The third kappa shape index (κ3) is 2.26. The molecule has 0 spiro atoms. The molecule has 0 unspecified atom stereocenters. The first-order valence-corrected chi connectivity index (χ1v) is 7.74. The maximum atomic E-state index is 11.9. The van der Waals surface area contributed by atoms with Crippen LogP contribution in [0.25, 0.3) is 27.8 Å². The maximum Gasteiger partial charge on any atom is 0.252 e. The molecule has 0 saturated heterocycles. The van der Waals surface area contributed by atoms with Crippen molar-refractivity contribution in [1.29, 1.82) is 0 Å². The first-order valence-electron chi connectivity index (χ1n) is 7.36. The van der Waals surface area contributed by atoms with Crippen LogP contribution in [-0.2, 0) is 0 Å². The Morgan fingerprint density at radius 1 is 1.12 bits per heavy atom. The summed E-state index contributed by atoms with van der Waals surface area (Å²) < 4.78 is 1.66. The van der Waals surface area contributed by atoms with Crippen molar-refractivity contribution < 1.29 is 4.79 Å². The number of hydrogen-bond acceptors (Lipinski definition) is 2. The second kappa shape index (κ2) is 5.54. The van der Waals surface area contributed by atoms with Gasteiger partial charge in [-0.15, -0.1) is 0 Å². The third-order valence-electron chi connectivity index (χ3n) is 3.93. The monoisotopic (exact) mass is 336 g/mol. The molecule has 0 atom stereocenters. The summed E-state index contributed by atoms with van der Waals surface area (Å²) in [5, 5.41) is 6.10. The Morgan fingerprint density at radius 3 is 2.75 bits per heavy atom. The minimum absolute atomic E-state index is 0.329. The number of hydrogen-bond donors (Lipinski definition) is 2. The Morgan fingerprint density at radius 2 is 1.96 bits per heavy atom. The molecule has 0 bridgehead atoms. The van der Waals surface area contributed by atoms with E-state index in [1.807, 2.05) is 48.7 Å². The molecular weight excluding hydrogens is 324 g/mol. The van der Waals surface area contributed by atoms with Gasteiger partial charge in [-0.3, -0.25) is 4.79 Å². The highest BCUT2D eigenvalue weighted by molar-refractivity contribution is 6.33. The number of nitrogens with one attached hydrogen (secondary N) is 1.